The molecule has 0 unspecified atom stereocenters. The second kappa shape index (κ2) is 12.4. The van der Waals surface area contributed by atoms with E-state index in [0.29, 0.717) is 53.3 Å². The molecule has 10 heteroatoms. The summed E-state index contributed by atoms with van der Waals surface area (Å²) >= 11 is 6.31. The molecule has 2 aliphatic rings. The zero-order valence-electron chi connectivity index (χ0n) is 25.6. The summed E-state index contributed by atoms with van der Waals surface area (Å²) in [5.41, 5.74) is 4.41. The molecular weight excluding hydrogens is 630 g/mol. The Morgan fingerprint density at radius 2 is 1.42 bits per heavy atom. The number of amides is 3. The van der Waals surface area contributed by atoms with E-state index in [1.54, 1.807) is 46.2 Å². The van der Waals surface area contributed by atoms with Gasteiger partial charge in [0.1, 0.15) is 11.5 Å². The number of phenols is 2. The maximum atomic E-state index is 13.4. The topological polar surface area (TPSA) is 130 Å². The third-order valence-corrected chi connectivity index (χ3v) is 9.37. The second-order valence-corrected chi connectivity index (χ2v) is 12.1. The molecule has 0 aromatic heterocycles. The van der Waals surface area contributed by atoms with Crippen LogP contribution in [0.4, 0.5) is 21.9 Å². The first-order valence-electron chi connectivity index (χ1n) is 15.4. The first-order valence-corrected chi connectivity index (χ1v) is 15.9. The fourth-order valence-corrected chi connectivity index (χ4v) is 7.05. The van der Waals surface area contributed by atoms with Gasteiger partial charge >= 0.3 is 6.09 Å². The Hall–Kier alpha value is -5.80. The number of nitrogens with one attached hydrogen (secondary N) is 1. The molecule has 0 radical (unpaired) electrons. The maximum absolute atomic E-state index is 13.4. The van der Waals surface area contributed by atoms with Crippen LogP contribution in [0.25, 0.3) is 33.7 Å². The van der Waals surface area contributed by atoms with Gasteiger partial charge in [-0.3, -0.25) is 14.9 Å². The Morgan fingerprint density at radius 3 is 2.12 bits per heavy atom. The minimum atomic E-state index is -1.28. The third kappa shape index (κ3) is 5.48. The number of benzene rings is 5. The van der Waals surface area contributed by atoms with Crippen molar-refractivity contribution in [2.24, 2.45) is 0 Å². The van der Waals surface area contributed by atoms with Gasteiger partial charge in [0.2, 0.25) is 0 Å². The molecule has 4 N–H and O–H groups in total. The molecule has 0 fully saturated rings. The lowest BCUT2D eigenvalue weighted by Crippen LogP contribution is -2.28. The van der Waals surface area contributed by atoms with Crippen LogP contribution < -0.4 is 15.1 Å². The molecule has 48 heavy (non-hydrogen) atoms. The molecule has 5 aromatic carbocycles. The number of carbonyl (C=O) groups excluding carboxylic acids is 2. The van der Waals surface area contributed by atoms with Crippen LogP contribution in [0.5, 0.6) is 11.5 Å². The van der Waals surface area contributed by atoms with E-state index in [2.05, 4.69) is 5.32 Å². The molecule has 0 saturated heterocycles. The van der Waals surface area contributed by atoms with Crippen molar-refractivity contribution in [3.05, 3.63) is 113 Å². The zero-order chi connectivity index (χ0) is 33.5. The van der Waals surface area contributed by atoms with Crippen LogP contribution >= 0.6 is 11.6 Å². The average Bonchev–Trinajstić information content (AvgIpc) is 3.68. The summed E-state index contributed by atoms with van der Waals surface area (Å²) in [6.45, 7) is 0.809. The Kier molecular flexibility index (Phi) is 7.98. The van der Waals surface area contributed by atoms with Gasteiger partial charge in [-0.25, -0.2) is 4.79 Å². The fraction of sp³-hybridized carbons (Fsp3) is 0.132. The highest BCUT2D eigenvalue weighted by molar-refractivity contribution is 6.19. The van der Waals surface area contributed by atoms with Crippen molar-refractivity contribution in [1.82, 2.24) is 0 Å². The summed E-state index contributed by atoms with van der Waals surface area (Å²) in [5.74, 6) is -0.245. The Labute approximate surface area is 280 Å². The third-order valence-electron chi connectivity index (χ3n) is 8.99. The van der Waals surface area contributed by atoms with Gasteiger partial charge in [0.25, 0.3) is 11.8 Å². The molecule has 1 atom stereocenters. The smallest absolute Gasteiger partial charge is 0.409 e. The number of hydrogen-bond acceptors (Lipinski definition) is 5. The minimum Gasteiger partial charge on any atom is -0.507 e. The van der Waals surface area contributed by atoms with Crippen LogP contribution in [0.15, 0.2) is 91.0 Å². The molecule has 7 rings (SSSR count). The monoisotopic (exact) mass is 659 g/mol. The summed E-state index contributed by atoms with van der Waals surface area (Å²) in [6, 6.07) is 23.2. The number of fused-ring (bicyclic) bond motifs is 6. The second-order valence-electron chi connectivity index (χ2n) is 11.8. The van der Waals surface area contributed by atoms with E-state index in [-0.39, 0.29) is 34.9 Å². The molecular formula is C38H30ClN3O6. The van der Waals surface area contributed by atoms with E-state index in [9.17, 15) is 29.7 Å². The van der Waals surface area contributed by atoms with Gasteiger partial charge < -0.3 is 25.1 Å². The van der Waals surface area contributed by atoms with Crippen LogP contribution in [0.2, 0.25) is 0 Å². The van der Waals surface area contributed by atoms with E-state index in [1.807, 2.05) is 48.5 Å². The summed E-state index contributed by atoms with van der Waals surface area (Å²) in [4.78, 5) is 41.6. The number of halogens is 1. The number of anilines is 3. The number of carboxylic acid groups (broad SMARTS) is 1. The van der Waals surface area contributed by atoms with E-state index >= 15 is 0 Å². The van der Waals surface area contributed by atoms with Gasteiger partial charge in [-0.1, -0.05) is 60.7 Å². The molecule has 3 amide bonds. The lowest BCUT2D eigenvalue weighted by Gasteiger charge is -2.17. The van der Waals surface area contributed by atoms with Gasteiger partial charge in [-0.2, -0.15) is 0 Å². The van der Waals surface area contributed by atoms with Gasteiger partial charge in [-0.15, -0.1) is 11.6 Å². The molecule has 0 aliphatic carbocycles. The lowest BCUT2D eigenvalue weighted by molar-refractivity contribution is -0.114. The van der Waals surface area contributed by atoms with Crippen LogP contribution in [0.1, 0.15) is 28.2 Å². The first-order chi connectivity index (χ1) is 23.2. The van der Waals surface area contributed by atoms with Crippen molar-refractivity contribution in [1.29, 1.82) is 0 Å². The highest BCUT2D eigenvalue weighted by atomic mass is 35.5. The Bertz CT molecular complexity index is 2210. The van der Waals surface area contributed by atoms with Crippen LogP contribution in [-0.2, 0) is 16.0 Å². The quantitative estimate of drug-likeness (QED) is 0.110. The number of alkyl halides is 1. The number of aromatic hydroxyl groups is 2. The largest absolute Gasteiger partial charge is 0.507 e. The van der Waals surface area contributed by atoms with Crippen molar-refractivity contribution in [2.75, 3.05) is 34.1 Å². The fourth-order valence-electron chi connectivity index (χ4n) is 6.79. The molecule has 2 aliphatic heterocycles. The predicted molar refractivity (Wildman–Crippen MR) is 189 cm³/mol. The van der Waals surface area contributed by atoms with Gasteiger partial charge in [0.15, 0.2) is 0 Å². The molecule has 0 bridgehead atoms. The molecule has 5 aromatic rings. The standard InChI is InChI=1S/C38H30ClN3O6/c39-20-24-21-42(32-19-34(44)28-7-3-4-8-29(28)37(24)32)36(46)13-10-22-9-11-23(30(17-22)40-38(47)48)12-14-35(45)41-16-15-26-25-5-1-2-6-27(25)33(43)18-31(26)41/h1-14,17-19,24,40,43-44H,15-16,20-21H2,(H,47,48)/b13-10+,14-12+/t24-/m1/s1. The molecule has 2 heterocycles. The first kappa shape index (κ1) is 30.8. The summed E-state index contributed by atoms with van der Waals surface area (Å²) in [5, 5.41) is 36.3. The van der Waals surface area contributed by atoms with Gasteiger partial charge in [-0.05, 0) is 57.7 Å². The Balaban J connectivity index is 1.12. The zero-order valence-corrected chi connectivity index (χ0v) is 26.3. The highest BCUT2D eigenvalue weighted by Gasteiger charge is 2.33. The highest BCUT2D eigenvalue weighted by Crippen LogP contribution is 2.45. The molecule has 240 valence electrons. The van der Waals surface area contributed by atoms with E-state index in [0.717, 1.165) is 27.3 Å². The minimum absolute atomic E-state index is 0.0773. The lowest BCUT2D eigenvalue weighted by atomic mass is 9.95. The van der Waals surface area contributed by atoms with Crippen molar-refractivity contribution in [3.63, 3.8) is 0 Å². The van der Waals surface area contributed by atoms with Crippen LogP contribution in [0, 0.1) is 0 Å². The van der Waals surface area contributed by atoms with Crippen molar-refractivity contribution >= 4 is 80.3 Å². The summed E-state index contributed by atoms with van der Waals surface area (Å²) < 4.78 is 0. The van der Waals surface area contributed by atoms with Crippen molar-refractivity contribution < 1.29 is 29.7 Å². The summed E-state index contributed by atoms with van der Waals surface area (Å²) in [7, 11) is 0. The number of hydrogen-bond donors (Lipinski definition) is 4. The van der Waals surface area contributed by atoms with E-state index < -0.39 is 6.09 Å². The molecule has 0 saturated carbocycles. The van der Waals surface area contributed by atoms with E-state index in [4.69, 9.17) is 11.6 Å². The number of phenolic OH excluding ortho intramolecular Hbond substituents is 2. The SMILES string of the molecule is O=C(O)Nc1cc(/C=C/C(=O)N2C[C@@H](CCl)c3c2cc(O)c2ccccc32)ccc1/C=C/C(=O)N1CCc2c1cc(O)c1ccccc21. The van der Waals surface area contributed by atoms with Crippen molar-refractivity contribution in [3.8, 4) is 11.5 Å². The average molecular weight is 660 g/mol. The van der Waals surface area contributed by atoms with E-state index in [1.165, 1.54) is 18.2 Å². The van der Waals surface area contributed by atoms with Crippen LogP contribution in [0.3, 0.4) is 0 Å². The van der Waals surface area contributed by atoms with Gasteiger partial charge in [0.05, 0.1) is 17.1 Å². The number of nitrogens with zero attached hydrogens (tertiary/aromatic N) is 2. The molecule has 0 spiro atoms. The summed E-state index contributed by atoms with van der Waals surface area (Å²) in [6.07, 6.45) is 5.26. The molecule has 9 nitrogen and oxygen atoms in total. The number of carbonyl (C=O) groups is 3. The maximum Gasteiger partial charge on any atom is 0.409 e. The normalized spacial score (nSPS) is 15.5. The number of rotatable bonds is 6. The van der Waals surface area contributed by atoms with Gasteiger partial charge in [0, 0.05) is 59.9 Å². The Morgan fingerprint density at radius 1 is 0.792 bits per heavy atom. The predicted octanol–water partition coefficient (Wildman–Crippen LogP) is 7.48. The van der Waals surface area contributed by atoms with Crippen molar-refractivity contribution in [2.45, 2.75) is 12.3 Å². The van der Waals surface area contributed by atoms with Crippen LogP contribution in [-0.4, -0.2) is 52.2 Å².